The van der Waals surface area contributed by atoms with Crippen molar-refractivity contribution in [2.24, 2.45) is 0 Å². The van der Waals surface area contributed by atoms with Crippen LogP contribution in [0.3, 0.4) is 0 Å². The molecule has 1 N–H and O–H groups in total. The molecule has 2 amide bonds. The van der Waals surface area contributed by atoms with Crippen molar-refractivity contribution >= 4 is 27.7 Å². The van der Waals surface area contributed by atoms with Gasteiger partial charge in [-0.1, -0.05) is 12.1 Å². The molecular formula is C21H27BrN4O2. The molecule has 1 aliphatic rings. The fourth-order valence-electron chi connectivity index (χ4n) is 3.49. The Labute approximate surface area is 174 Å². The summed E-state index contributed by atoms with van der Waals surface area (Å²) in [7, 11) is 0. The molecule has 0 saturated carbocycles. The quantitative estimate of drug-likeness (QED) is 0.764. The van der Waals surface area contributed by atoms with E-state index in [1.54, 1.807) is 19.1 Å². The van der Waals surface area contributed by atoms with Crippen LogP contribution in [0.4, 0.5) is 0 Å². The lowest BCUT2D eigenvalue weighted by Gasteiger charge is -2.29. The van der Waals surface area contributed by atoms with E-state index in [0.29, 0.717) is 12.1 Å². The summed E-state index contributed by atoms with van der Waals surface area (Å²) in [6, 6.07) is 6.93. The number of nitrogens with zero attached hydrogens (tertiary/aromatic N) is 3. The molecule has 0 bridgehead atoms. The molecule has 1 aromatic carbocycles. The normalized spacial score (nSPS) is 15.4. The third kappa shape index (κ3) is 4.63. The number of benzene rings is 1. The number of nitrogens with one attached hydrogen (secondary N) is 1. The maximum Gasteiger partial charge on any atom is 0.251 e. The second-order valence-electron chi connectivity index (χ2n) is 7.42. The molecule has 28 heavy (non-hydrogen) atoms. The van der Waals surface area contributed by atoms with Gasteiger partial charge in [-0.3, -0.25) is 14.3 Å². The molecule has 2 heterocycles. The molecule has 1 atom stereocenters. The van der Waals surface area contributed by atoms with Gasteiger partial charge in [0.1, 0.15) is 6.04 Å². The first-order chi connectivity index (χ1) is 13.4. The van der Waals surface area contributed by atoms with Gasteiger partial charge in [0, 0.05) is 18.7 Å². The smallest absolute Gasteiger partial charge is 0.251 e. The van der Waals surface area contributed by atoms with Crippen LogP contribution in [0.1, 0.15) is 53.5 Å². The first-order valence-electron chi connectivity index (χ1n) is 9.75. The van der Waals surface area contributed by atoms with E-state index in [0.717, 1.165) is 47.4 Å². The summed E-state index contributed by atoms with van der Waals surface area (Å²) in [5.41, 5.74) is 3.65. The Morgan fingerprint density at radius 3 is 2.36 bits per heavy atom. The van der Waals surface area contributed by atoms with Crippen LogP contribution in [0, 0.1) is 13.8 Å². The molecule has 1 aromatic heterocycles. The zero-order valence-corrected chi connectivity index (χ0v) is 18.3. The fraction of sp³-hybridized carbons (Fsp3) is 0.476. The van der Waals surface area contributed by atoms with Crippen LogP contribution in [0.25, 0.3) is 0 Å². The number of piperidine rings is 1. The molecule has 1 fully saturated rings. The summed E-state index contributed by atoms with van der Waals surface area (Å²) in [5, 5.41) is 7.34. The van der Waals surface area contributed by atoms with Gasteiger partial charge >= 0.3 is 0 Å². The second-order valence-corrected chi connectivity index (χ2v) is 8.21. The number of aromatic nitrogens is 2. The zero-order chi connectivity index (χ0) is 20.3. The average Bonchev–Trinajstić information content (AvgIpc) is 2.95. The first-order valence-corrected chi connectivity index (χ1v) is 10.5. The Morgan fingerprint density at radius 1 is 1.14 bits per heavy atom. The SMILES string of the molecule is Cc1nn(Cc2ccc(C(=O)NC(C)C(=O)N3CCCCC3)cc2)c(C)c1Br. The van der Waals surface area contributed by atoms with Crippen LogP contribution >= 0.6 is 15.9 Å². The largest absolute Gasteiger partial charge is 0.341 e. The van der Waals surface area contributed by atoms with E-state index in [9.17, 15) is 9.59 Å². The number of aryl methyl sites for hydroxylation is 1. The minimum absolute atomic E-state index is 0.000209. The van der Waals surface area contributed by atoms with Gasteiger partial charge in [0.2, 0.25) is 5.91 Å². The summed E-state index contributed by atoms with van der Waals surface area (Å²) in [5.74, 6) is -0.224. The van der Waals surface area contributed by atoms with Crippen molar-refractivity contribution in [1.82, 2.24) is 20.0 Å². The molecular weight excluding hydrogens is 420 g/mol. The number of hydrogen-bond acceptors (Lipinski definition) is 3. The fourth-order valence-corrected chi connectivity index (χ4v) is 3.78. The summed E-state index contributed by atoms with van der Waals surface area (Å²) in [4.78, 5) is 26.8. The molecule has 3 rings (SSSR count). The number of likely N-dealkylation sites (tertiary alicyclic amines) is 1. The number of amides is 2. The number of halogens is 1. The van der Waals surface area contributed by atoms with Crippen molar-refractivity contribution < 1.29 is 9.59 Å². The molecule has 0 radical (unpaired) electrons. The van der Waals surface area contributed by atoms with E-state index in [-0.39, 0.29) is 11.8 Å². The predicted molar refractivity (Wildman–Crippen MR) is 112 cm³/mol. The molecule has 0 aliphatic carbocycles. The van der Waals surface area contributed by atoms with Crippen molar-refractivity contribution in [2.45, 2.75) is 52.6 Å². The highest BCUT2D eigenvalue weighted by Crippen LogP contribution is 2.20. The highest BCUT2D eigenvalue weighted by molar-refractivity contribution is 9.10. The van der Waals surface area contributed by atoms with Crippen molar-refractivity contribution in [3.05, 3.63) is 51.3 Å². The highest BCUT2D eigenvalue weighted by Gasteiger charge is 2.23. The standard InChI is InChI=1S/C21H27BrN4O2/c1-14-19(22)16(3)26(24-14)13-17-7-9-18(10-8-17)20(27)23-15(2)21(28)25-11-5-4-6-12-25/h7-10,15H,4-6,11-13H2,1-3H3,(H,23,27). The monoisotopic (exact) mass is 446 g/mol. The van der Waals surface area contributed by atoms with E-state index in [1.807, 2.05) is 35.6 Å². The highest BCUT2D eigenvalue weighted by atomic mass is 79.9. The number of hydrogen-bond donors (Lipinski definition) is 1. The summed E-state index contributed by atoms with van der Waals surface area (Å²) in [6.45, 7) is 7.96. The van der Waals surface area contributed by atoms with Gasteiger partial charge in [0.05, 0.1) is 22.4 Å². The van der Waals surface area contributed by atoms with Gasteiger partial charge in [0.25, 0.3) is 5.91 Å². The van der Waals surface area contributed by atoms with Gasteiger partial charge in [-0.15, -0.1) is 0 Å². The van der Waals surface area contributed by atoms with Gasteiger partial charge < -0.3 is 10.2 Å². The molecule has 150 valence electrons. The lowest BCUT2D eigenvalue weighted by Crippen LogP contribution is -2.48. The lowest BCUT2D eigenvalue weighted by atomic mass is 10.1. The van der Waals surface area contributed by atoms with Crippen molar-refractivity contribution in [3.8, 4) is 0 Å². The Morgan fingerprint density at radius 2 is 1.79 bits per heavy atom. The Balaban J connectivity index is 1.60. The average molecular weight is 447 g/mol. The Kier molecular flexibility index (Phi) is 6.54. The topological polar surface area (TPSA) is 67.2 Å². The minimum Gasteiger partial charge on any atom is -0.341 e. The number of carbonyl (C=O) groups excluding carboxylic acids is 2. The third-order valence-electron chi connectivity index (χ3n) is 5.23. The van der Waals surface area contributed by atoms with Gasteiger partial charge in [-0.25, -0.2) is 0 Å². The van der Waals surface area contributed by atoms with Crippen LogP contribution in [0.15, 0.2) is 28.7 Å². The zero-order valence-electron chi connectivity index (χ0n) is 16.7. The maximum absolute atomic E-state index is 12.5. The molecule has 7 heteroatoms. The van der Waals surface area contributed by atoms with E-state index < -0.39 is 6.04 Å². The van der Waals surface area contributed by atoms with E-state index in [2.05, 4.69) is 26.3 Å². The molecule has 6 nitrogen and oxygen atoms in total. The van der Waals surface area contributed by atoms with Crippen LogP contribution in [0.5, 0.6) is 0 Å². The Hall–Kier alpha value is -2.15. The molecule has 2 aromatic rings. The van der Waals surface area contributed by atoms with E-state index in [1.165, 1.54) is 6.42 Å². The molecule has 0 spiro atoms. The number of rotatable bonds is 5. The van der Waals surface area contributed by atoms with Crippen molar-refractivity contribution in [1.29, 1.82) is 0 Å². The van der Waals surface area contributed by atoms with Crippen LogP contribution in [-0.2, 0) is 11.3 Å². The summed E-state index contributed by atoms with van der Waals surface area (Å²) < 4.78 is 2.96. The van der Waals surface area contributed by atoms with Crippen LogP contribution in [-0.4, -0.2) is 45.6 Å². The lowest BCUT2D eigenvalue weighted by molar-refractivity contribution is -0.133. The maximum atomic E-state index is 12.5. The number of carbonyl (C=O) groups is 2. The van der Waals surface area contributed by atoms with E-state index >= 15 is 0 Å². The van der Waals surface area contributed by atoms with Gasteiger partial charge in [0.15, 0.2) is 0 Å². The first kappa shape index (κ1) is 20.6. The van der Waals surface area contributed by atoms with Gasteiger partial charge in [-0.05, 0) is 73.7 Å². The predicted octanol–water partition coefficient (Wildman–Crippen LogP) is 3.44. The van der Waals surface area contributed by atoms with Crippen LogP contribution < -0.4 is 5.32 Å². The summed E-state index contributed by atoms with van der Waals surface area (Å²) >= 11 is 3.54. The van der Waals surface area contributed by atoms with E-state index in [4.69, 9.17) is 0 Å². The van der Waals surface area contributed by atoms with Gasteiger partial charge in [-0.2, -0.15) is 5.10 Å². The molecule has 1 unspecified atom stereocenters. The van der Waals surface area contributed by atoms with Crippen molar-refractivity contribution in [3.63, 3.8) is 0 Å². The molecule has 1 saturated heterocycles. The van der Waals surface area contributed by atoms with Crippen LogP contribution in [0.2, 0.25) is 0 Å². The Bertz CT molecular complexity index is 854. The molecule has 1 aliphatic heterocycles. The summed E-state index contributed by atoms with van der Waals surface area (Å²) in [6.07, 6.45) is 3.25. The third-order valence-corrected chi connectivity index (χ3v) is 6.38. The second kappa shape index (κ2) is 8.90. The van der Waals surface area contributed by atoms with Crippen molar-refractivity contribution in [2.75, 3.05) is 13.1 Å². The minimum atomic E-state index is -0.516.